The van der Waals surface area contributed by atoms with Gasteiger partial charge in [-0.05, 0) is 58.6 Å². The number of ether oxygens (including phenoxy) is 1. The summed E-state index contributed by atoms with van der Waals surface area (Å²) in [6.07, 6.45) is 4.43. The molecular weight excluding hydrogens is 430 g/mol. The Kier molecular flexibility index (Phi) is 4.62. The molecule has 0 amide bonds. The van der Waals surface area contributed by atoms with Crippen LogP contribution in [0.5, 0.6) is 5.75 Å². The number of nitrogens with zero attached hydrogens (tertiary/aromatic N) is 5. The zero-order chi connectivity index (χ0) is 23.6. The molecule has 1 aliphatic carbocycles. The molecule has 4 heterocycles. The lowest BCUT2D eigenvalue weighted by molar-refractivity contribution is 0.393. The summed E-state index contributed by atoms with van der Waals surface area (Å²) in [5, 5.41) is 14.4. The lowest BCUT2D eigenvalue weighted by Gasteiger charge is -2.13. The van der Waals surface area contributed by atoms with Gasteiger partial charge < -0.3 is 19.6 Å². The van der Waals surface area contributed by atoms with Gasteiger partial charge in [-0.25, -0.2) is 9.97 Å². The van der Waals surface area contributed by atoms with Gasteiger partial charge in [-0.2, -0.15) is 5.10 Å². The highest BCUT2D eigenvalue weighted by molar-refractivity contribution is 6.13. The number of aromatic nitrogens is 6. The summed E-state index contributed by atoms with van der Waals surface area (Å²) < 4.78 is 13.2. The maximum atomic E-state index is 5.81. The van der Waals surface area contributed by atoms with Crippen molar-refractivity contribution >= 4 is 33.6 Å². The van der Waals surface area contributed by atoms with E-state index < -0.39 is 0 Å². The molecule has 9 nitrogen and oxygen atoms in total. The lowest BCUT2D eigenvalue weighted by atomic mass is 9.97. The largest absolute Gasteiger partial charge is 0.496 e. The van der Waals surface area contributed by atoms with Gasteiger partial charge in [0.1, 0.15) is 34.6 Å². The fourth-order valence-corrected chi connectivity index (χ4v) is 5.21. The number of anilines is 2. The zero-order valence-corrected chi connectivity index (χ0v) is 20.0. The number of benzene rings is 1. The van der Waals surface area contributed by atoms with Gasteiger partial charge in [-0.15, -0.1) is 0 Å². The SMILES string of the molecule is COc1cc2c(cc1-c1c(C)noc1C)[nH]c1nc(C)nc(Nc3c4c(nn3C)CCCC4)c12. The Morgan fingerprint density at radius 3 is 2.71 bits per heavy atom. The first kappa shape index (κ1) is 20.7. The van der Waals surface area contributed by atoms with Crippen molar-refractivity contribution in [3.63, 3.8) is 0 Å². The molecule has 1 aliphatic rings. The van der Waals surface area contributed by atoms with Crippen molar-refractivity contribution < 1.29 is 9.26 Å². The van der Waals surface area contributed by atoms with Gasteiger partial charge in [0.15, 0.2) is 0 Å². The Morgan fingerprint density at radius 1 is 1.12 bits per heavy atom. The van der Waals surface area contributed by atoms with Gasteiger partial charge in [0.2, 0.25) is 0 Å². The third kappa shape index (κ3) is 3.07. The predicted molar refractivity (Wildman–Crippen MR) is 131 cm³/mol. The summed E-state index contributed by atoms with van der Waals surface area (Å²) in [6, 6.07) is 4.12. The molecule has 0 saturated heterocycles. The standard InChI is InChI=1S/C25H27N7O2/c1-12-21(13(2)34-31-12)17-10-19-16(11-20(17)33-5)22-23(28-19)26-14(3)27-24(22)29-25-15-8-6-7-9-18(15)30-32(25)4/h10-11H,6-9H2,1-5H3,(H2,26,27,28,29). The maximum Gasteiger partial charge on any atom is 0.145 e. The van der Waals surface area contributed by atoms with Gasteiger partial charge >= 0.3 is 0 Å². The van der Waals surface area contributed by atoms with E-state index in [2.05, 4.69) is 21.5 Å². The smallest absolute Gasteiger partial charge is 0.145 e. The normalized spacial score (nSPS) is 13.6. The molecule has 0 aliphatic heterocycles. The van der Waals surface area contributed by atoms with E-state index in [1.807, 2.05) is 38.6 Å². The lowest BCUT2D eigenvalue weighted by Crippen LogP contribution is -2.06. The van der Waals surface area contributed by atoms with E-state index in [9.17, 15) is 0 Å². The van der Waals surface area contributed by atoms with Crippen LogP contribution in [-0.2, 0) is 19.9 Å². The molecule has 6 rings (SSSR count). The number of aromatic amines is 1. The van der Waals surface area contributed by atoms with E-state index in [4.69, 9.17) is 24.3 Å². The summed E-state index contributed by atoms with van der Waals surface area (Å²) in [6.45, 7) is 5.76. The molecule has 0 atom stereocenters. The van der Waals surface area contributed by atoms with Crippen molar-refractivity contribution in [3.05, 3.63) is 40.7 Å². The van der Waals surface area contributed by atoms with Crippen LogP contribution in [0.15, 0.2) is 16.7 Å². The zero-order valence-electron chi connectivity index (χ0n) is 20.0. The molecule has 1 aromatic carbocycles. The minimum Gasteiger partial charge on any atom is -0.496 e. The number of hydrogen-bond acceptors (Lipinski definition) is 7. The first-order chi connectivity index (χ1) is 16.4. The average Bonchev–Trinajstić information content (AvgIpc) is 3.44. The van der Waals surface area contributed by atoms with Crippen molar-refractivity contribution in [2.75, 3.05) is 12.4 Å². The molecule has 4 aromatic heterocycles. The Hall–Kier alpha value is -3.88. The number of hydrogen-bond donors (Lipinski definition) is 2. The second-order valence-electron chi connectivity index (χ2n) is 8.99. The molecule has 0 fully saturated rings. The highest BCUT2D eigenvalue weighted by atomic mass is 16.5. The third-order valence-electron chi connectivity index (χ3n) is 6.74. The Bertz CT molecular complexity index is 1550. The molecule has 0 saturated carbocycles. The first-order valence-electron chi connectivity index (χ1n) is 11.6. The van der Waals surface area contributed by atoms with Crippen LogP contribution in [-0.4, -0.2) is 37.0 Å². The number of H-pyrrole nitrogens is 1. The molecule has 0 unspecified atom stereocenters. The van der Waals surface area contributed by atoms with Crippen LogP contribution in [0.4, 0.5) is 11.6 Å². The molecular formula is C25H27N7O2. The van der Waals surface area contributed by atoms with Crippen molar-refractivity contribution in [1.29, 1.82) is 0 Å². The summed E-state index contributed by atoms with van der Waals surface area (Å²) >= 11 is 0. The van der Waals surface area contributed by atoms with Gasteiger partial charge in [-0.3, -0.25) is 4.68 Å². The molecule has 174 valence electrons. The number of methoxy groups -OCH3 is 1. The number of aryl methyl sites for hydroxylation is 5. The van der Waals surface area contributed by atoms with Gasteiger partial charge in [0.25, 0.3) is 0 Å². The van der Waals surface area contributed by atoms with Crippen LogP contribution in [0.25, 0.3) is 33.1 Å². The average molecular weight is 458 g/mol. The van der Waals surface area contributed by atoms with Crippen LogP contribution < -0.4 is 10.1 Å². The summed E-state index contributed by atoms with van der Waals surface area (Å²) in [5.41, 5.74) is 6.89. The third-order valence-corrected chi connectivity index (χ3v) is 6.74. The summed E-state index contributed by atoms with van der Waals surface area (Å²) in [4.78, 5) is 13.0. The second kappa shape index (κ2) is 7.58. The van der Waals surface area contributed by atoms with Gasteiger partial charge in [0.05, 0.1) is 29.4 Å². The highest BCUT2D eigenvalue weighted by Gasteiger charge is 2.23. The Morgan fingerprint density at radius 2 is 1.94 bits per heavy atom. The van der Waals surface area contributed by atoms with Crippen molar-refractivity contribution in [2.45, 2.75) is 46.5 Å². The van der Waals surface area contributed by atoms with E-state index in [0.29, 0.717) is 5.82 Å². The molecule has 0 bridgehead atoms. The van der Waals surface area contributed by atoms with Crippen molar-refractivity contribution in [1.82, 2.24) is 29.9 Å². The molecule has 9 heteroatoms. The van der Waals surface area contributed by atoms with Crippen LogP contribution >= 0.6 is 0 Å². The number of rotatable bonds is 4. The summed E-state index contributed by atoms with van der Waals surface area (Å²) in [7, 11) is 3.67. The van der Waals surface area contributed by atoms with E-state index in [0.717, 1.165) is 74.7 Å². The van der Waals surface area contributed by atoms with Crippen LogP contribution in [0.1, 0.15) is 41.4 Å². The second-order valence-corrected chi connectivity index (χ2v) is 8.99. The van der Waals surface area contributed by atoms with E-state index in [-0.39, 0.29) is 0 Å². The number of fused-ring (bicyclic) bond motifs is 4. The number of nitrogens with one attached hydrogen (secondary N) is 2. The van der Waals surface area contributed by atoms with Crippen molar-refractivity contribution in [3.8, 4) is 16.9 Å². The molecule has 5 aromatic rings. The maximum absolute atomic E-state index is 5.81. The van der Waals surface area contributed by atoms with Crippen LogP contribution in [0, 0.1) is 20.8 Å². The van der Waals surface area contributed by atoms with E-state index in [1.54, 1.807) is 7.11 Å². The fraction of sp³-hybridized carbons (Fsp3) is 0.360. The minimum absolute atomic E-state index is 0.690. The highest BCUT2D eigenvalue weighted by Crippen LogP contribution is 2.41. The van der Waals surface area contributed by atoms with Gasteiger partial charge in [-0.1, -0.05) is 5.16 Å². The van der Waals surface area contributed by atoms with E-state index >= 15 is 0 Å². The quantitative estimate of drug-likeness (QED) is 0.389. The molecule has 2 N–H and O–H groups in total. The molecule has 0 radical (unpaired) electrons. The Balaban J connectivity index is 1.57. The minimum atomic E-state index is 0.690. The Labute approximate surface area is 196 Å². The van der Waals surface area contributed by atoms with E-state index in [1.165, 1.54) is 24.1 Å². The van der Waals surface area contributed by atoms with Gasteiger partial charge in [0, 0.05) is 29.1 Å². The monoisotopic (exact) mass is 457 g/mol. The first-order valence-corrected chi connectivity index (χ1v) is 11.6. The molecule has 0 spiro atoms. The predicted octanol–water partition coefficient (Wildman–Crippen LogP) is 5.06. The topological polar surface area (TPSA) is 107 Å². The fourth-order valence-electron chi connectivity index (χ4n) is 5.21. The summed E-state index contributed by atoms with van der Waals surface area (Å²) in [5.74, 6) is 3.95. The van der Waals surface area contributed by atoms with Crippen LogP contribution in [0.3, 0.4) is 0 Å². The van der Waals surface area contributed by atoms with Crippen LogP contribution in [0.2, 0.25) is 0 Å². The molecule has 34 heavy (non-hydrogen) atoms. The van der Waals surface area contributed by atoms with Crippen molar-refractivity contribution in [2.24, 2.45) is 7.05 Å².